The van der Waals surface area contributed by atoms with Gasteiger partial charge in [0.25, 0.3) is 0 Å². The normalized spacial score (nSPS) is 13.1. The standard InChI is InChI=1S/C32H53O5P/c1-3-5-6-7-8-9-10-11-12-13-14-15-16-19-25-36-38(33,29-28-35-27-26-34-4-2)37-32-24-20-22-30-21-17-18-23-31(30)32/h17-18,20-24H,3-16,19,25-29H2,1-2H3. The van der Waals surface area contributed by atoms with E-state index in [2.05, 4.69) is 6.92 Å². The highest BCUT2D eigenvalue weighted by molar-refractivity contribution is 7.54. The molecule has 1 atom stereocenters. The minimum atomic E-state index is -3.35. The molecule has 2 aromatic rings. The lowest BCUT2D eigenvalue weighted by Gasteiger charge is -2.20. The zero-order chi connectivity index (χ0) is 27.2. The molecule has 1 unspecified atom stereocenters. The molecular weight excluding hydrogens is 495 g/mol. The number of hydrogen-bond acceptors (Lipinski definition) is 5. The highest BCUT2D eigenvalue weighted by atomic mass is 31.2. The van der Waals surface area contributed by atoms with Crippen molar-refractivity contribution in [3.63, 3.8) is 0 Å². The van der Waals surface area contributed by atoms with Gasteiger partial charge in [-0.3, -0.25) is 4.52 Å². The van der Waals surface area contributed by atoms with E-state index in [-0.39, 0.29) is 6.16 Å². The predicted octanol–water partition coefficient (Wildman–Crippen LogP) is 9.96. The molecule has 0 heterocycles. The van der Waals surface area contributed by atoms with Crippen molar-refractivity contribution in [1.82, 2.24) is 0 Å². The molecule has 0 saturated carbocycles. The van der Waals surface area contributed by atoms with Crippen molar-refractivity contribution in [3.05, 3.63) is 42.5 Å². The van der Waals surface area contributed by atoms with Gasteiger partial charge in [-0.2, -0.15) is 0 Å². The Balaban J connectivity index is 1.67. The Labute approximate surface area is 232 Å². The van der Waals surface area contributed by atoms with Gasteiger partial charge < -0.3 is 14.0 Å². The van der Waals surface area contributed by atoms with Crippen molar-refractivity contribution in [2.45, 2.75) is 104 Å². The molecule has 38 heavy (non-hydrogen) atoms. The summed E-state index contributed by atoms with van der Waals surface area (Å²) in [4.78, 5) is 0. The first-order valence-corrected chi connectivity index (χ1v) is 17.0. The lowest BCUT2D eigenvalue weighted by molar-refractivity contribution is 0.0576. The Morgan fingerprint density at radius 1 is 0.605 bits per heavy atom. The van der Waals surface area contributed by atoms with E-state index in [0.29, 0.717) is 38.8 Å². The van der Waals surface area contributed by atoms with Crippen LogP contribution in [0.15, 0.2) is 42.5 Å². The van der Waals surface area contributed by atoms with E-state index in [9.17, 15) is 4.57 Å². The third kappa shape index (κ3) is 14.7. The molecular formula is C32H53O5P. The van der Waals surface area contributed by atoms with Gasteiger partial charge in [-0.15, -0.1) is 0 Å². The number of hydrogen-bond donors (Lipinski definition) is 0. The molecule has 0 fully saturated rings. The van der Waals surface area contributed by atoms with E-state index in [1.807, 2.05) is 49.4 Å². The molecule has 0 bridgehead atoms. The second-order valence-electron chi connectivity index (χ2n) is 10.1. The lowest BCUT2D eigenvalue weighted by atomic mass is 10.0. The second-order valence-corrected chi connectivity index (χ2v) is 12.3. The maximum absolute atomic E-state index is 13.7. The second kappa shape index (κ2) is 21.4. The number of fused-ring (bicyclic) bond motifs is 1. The summed E-state index contributed by atoms with van der Waals surface area (Å²) in [5, 5.41) is 1.99. The summed E-state index contributed by atoms with van der Waals surface area (Å²) in [6.07, 6.45) is 18.5. The molecule has 216 valence electrons. The predicted molar refractivity (Wildman–Crippen MR) is 161 cm³/mol. The fraction of sp³-hybridized carbons (Fsp3) is 0.688. The van der Waals surface area contributed by atoms with Crippen LogP contribution in [0.1, 0.15) is 104 Å². The summed E-state index contributed by atoms with van der Waals surface area (Å²) in [7, 11) is -3.35. The minimum absolute atomic E-state index is 0.223. The first-order chi connectivity index (χ1) is 18.7. The zero-order valence-electron chi connectivity index (χ0n) is 24.2. The van der Waals surface area contributed by atoms with E-state index >= 15 is 0 Å². The maximum atomic E-state index is 13.7. The van der Waals surface area contributed by atoms with E-state index in [1.165, 1.54) is 77.0 Å². The van der Waals surface area contributed by atoms with Gasteiger partial charge in [-0.05, 0) is 24.8 Å². The molecule has 0 aliphatic heterocycles. The molecule has 0 aliphatic rings. The molecule has 2 aromatic carbocycles. The Hall–Kier alpha value is -1.39. The van der Waals surface area contributed by atoms with E-state index in [1.54, 1.807) is 0 Å². The van der Waals surface area contributed by atoms with Gasteiger partial charge in [-0.1, -0.05) is 127 Å². The Morgan fingerprint density at radius 3 is 1.84 bits per heavy atom. The SMILES string of the molecule is CCCCCCCCCCCCCCCCOP(=O)(CCOCCOCC)Oc1cccc2ccccc12. The summed E-state index contributed by atoms with van der Waals surface area (Å²) in [6.45, 7) is 6.65. The number of benzene rings is 2. The molecule has 0 aromatic heterocycles. The van der Waals surface area contributed by atoms with Crippen LogP contribution in [-0.2, 0) is 18.6 Å². The fourth-order valence-corrected chi connectivity index (χ4v) is 6.09. The van der Waals surface area contributed by atoms with Gasteiger partial charge in [0.2, 0.25) is 0 Å². The van der Waals surface area contributed by atoms with E-state index in [0.717, 1.165) is 23.6 Å². The third-order valence-electron chi connectivity index (χ3n) is 6.86. The van der Waals surface area contributed by atoms with Crippen LogP contribution < -0.4 is 4.52 Å². The number of unbranched alkanes of at least 4 members (excludes halogenated alkanes) is 13. The molecule has 0 aliphatic carbocycles. The summed E-state index contributed by atoms with van der Waals surface area (Å²) < 4.78 is 36.7. The highest BCUT2D eigenvalue weighted by Crippen LogP contribution is 2.49. The average Bonchev–Trinajstić information content (AvgIpc) is 2.93. The van der Waals surface area contributed by atoms with Gasteiger partial charge in [-0.25, -0.2) is 4.57 Å². The lowest BCUT2D eigenvalue weighted by Crippen LogP contribution is -2.11. The van der Waals surface area contributed by atoms with Crippen LogP contribution in [0.25, 0.3) is 10.8 Å². The van der Waals surface area contributed by atoms with Crippen molar-refractivity contribution < 1.29 is 23.1 Å². The monoisotopic (exact) mass is 548 g/mol. The minimum Gasteiger partial charge on any atom is -0.424 e. The van der Waals surface area contributed by atoms with Gasteiger partial charge in [0.15, 0.2) is 0 Å². The molecule has 0 spiro atoms. The van der Waals surface area contributed by atoms with Crippen LogP contribution in [0.3, 0.4) is 0 Å². The van der Waals surface area contributed by atoms with Gasteiger partial charge in [0.05, 0.1) is 32.6 Å². The van der Waals surface area contributed by atoms with Crippen molar-refractivity contribution >= 4 is 18.4 Å². The van der Waals surface area contributed by atoms with Gasteiger partial charge in [0.1, 0.15) is 5.75 Å². The molecule has 0 amide bonds. The highest BCUT2D eigenvalue weighted by Gasteiger charge is 2.27. The van der Waals surface area contributed by atoms with Crippen LogP contribution in [0, 0.1) is 0 Å². The summed E-state index contributed by atoms with van der Waals surface area (Å²) in [6, 6.07) is 13.8. The molecule has 0 N–H and O–H groups in total. The van der Waals surface area contributed by atoms with Crippen LogP contribution in [0.2, 0.25) is 0 Å². The smallest absolute Gasteiger partial charge is 0.381 e. The first-order valence-electron chi connectivity index (χ1n) is 15.2. The fourth-order valence-electron chi connectivity index (χ4n) is 4.60. The van der Waals surface area contributed by atoms with Crippen molar-refractivity contribution in [1.29, 1.82) is 0 Å². The van der Waals surface area contributed by atoms with Crippen molar-refractivity contribution in [2.75, 3.05) is 39.2 Å². The van der Waals surface area contributed by atoms with Crippen LogP contribution in [0.5, 0.6) is 5.75 Å². The largest absolute Gasteiger partial charge is 0.424 e. The Kier molecular flexibility index (Phi) is 18.5. The Bertz CT molecular complexity index is 882. The van der Waals surface area contributed by atoms with Crippen molar-refractivity contribution in [2.24, 2.45) is 0 Å². The Morgan fingerprint density at radius 2 is 1.18 bits per heavy atom. The van der Waals surface area contributed by atoms with Crippen LogP contribution >= 0.6 is 7.60 Å². The number of rotatable bonds is 25. The third-order valence-corrected chi connectivity index (χ3v) is 8.64. The molecule has 5 nitrogen and oxygen atoms in total. The maximum Gasteiger partial charge on any atom is 0.381 e. The summed E-state index contributed by atoms with van der Waals surface area (Å²) >= 11 is 0. The quantitative estimate of drug-likeness (QED) is 0.0913. The summed E-state index contributed by atoms with van der Waals surface area (Å²) in [5.74, 6) is 0.599. The zero-order valence-corrected chi connectivity index (χ0v) is 25.1. The first kappa shape index (κ1) is 32.8. The molecule has 0 radical (unpaired) electrons. The van der Waals surface area contributed by atoms with Crippen LogP contribution in [-0.4, -0.2) is 39.2 Å². The van der Waals surface area contributed by atoms with Gasteiger partial charge >= 0.3 is 7.60 Å². The van der Waals surface area contributed by atoms with Crippen LogP contribution in [0.4, 0.5) is 0 Å². The summed E-state index contributed by atoms with van der Waals surface area (Å²) in [5.41, 5.74) is 0. The van der Waals surface area contributed by atoms with E-state index < -0.39 is 7.60 Å². The average molecular weight is 549 g/mol. The topological polar surface area (TPSA) is 54.0 Å². The van der Waals surface area contributed by atoms with Gasteiger partial charge in [0, 0.05) is 12.0 Å². The molecule has 2 rings (SSSR count). The molecule has 6 heteroatoms. The molecule has 0 saturated heterocycles. The number of ether oxygens (including phenoxy) is 2. The van der Waals surface area contributed by atoms with E-state index in [4.69, 9.17) is 18.5 Å². The van der Waals surface area contributed by atoms with Crippen molar-refractivity contribution in [3.8, 4) is 5.75 Å².